The molecule has 1 heterocycles. The van der Waals surface area contributed by atoms with E-state index in [4.69, 9.17) is 11.6 Å². The molecule has 0 aliphatic heterocycles. The van der Waals surface area contributed by atoms with E-state index in [9.17, 15) is 31.9 Å². The van der Waals surface area contributed by atoms with Gasteiger partial charge in [0.05, 0.1) is 10.7 Å². The van der Waals surface area contributed by atoms with E-state index >= 15 is 0 Å². The second-order valence-corrected chi connectivity index (χ2v) is 6.72. The highest BCUT2D eigenvalue weighted by atomic mass is 35.5. The first-order valence-electron chi connectivity index (χ1n) is 6.62. The number of nitrogens with zero attached hydrogens (tertiary/aromatic N) is 3. The molecule has 13 heteroatoms. The van der Waals surface area contributed by atoms with Gasteiger partial charge in [-0.3, -0.25) is 14.3 Å². The number of nitrogens with one attached hydrogen (secondary N) is 1. The molecule has 1 unspecified atom stereocenters. The smallest absolute Gasteiger partial charge is 0.355 e. The van der Waals surface area contributed by atoms with Crippen LogP contribution in [0.4, 0.5) is 14.5 Å². The van der Waals surface area contributed by atoms with Gasteiger partial charge < -0.3 is 5.11 Å². The van der Waals surface area contributed by atoms with E-state index in [0.29, 0.717) is 0 Å². The van der Waals surface area contributed by atoms with Gasteiger partial charge >= 0.3 is 5.76 Å². The summed E-state index contributed by atoms with van der Waals surface area (Å²) in [7, 11) is -5.08. The minimum atomic E-state index is -5.08. The van der Waals surface area contributed by atoms with Crippen molar-refractivity contribution in [2.75, 3.05) is 4.72 Å². The van der Waals surface area contributed by atoms with Crippen LogP contribution in [0.2, 0.25) is 5.02 Å². The van der Waals surface area contributed by atoms with Crippen molar-refractivity contribution >= 4 is 39.9 Å². The summed E-state index contributed by atoms with van der Waals surface area (Å²) in [4.78, 5) is 32.3. The number of benzene rings is 1. The standard InChI is InChI=1S/C13H9ClF2N4O5S/c14-7-3-1-2-6(10(7)20-26(24,25)13(15)16)11(23)12-18-8(4-21)17-9(5-22)19-12/h1-5,11,13,20,23H. The van der Waals surface area contributed by atoms with Crippen molar-refractivity contribution in [3.05, 3.63) is 46.3 Å². The fraction of sp³-hybridized carbons (Fsp3) is 0.154. The van der Waals surface area contributed by atoms with Crippen LogP contribution in [-0.4, -0.2) is 46.8 Å². The lowest BCUT2D eigenvalue weighted by molar-refractivity contribution is 0.110. The fourth-order valence-corrected chi connectivity index (χ4v) is 2.74. The van der Waals surface area contributed by atoms with Crippen molar-refractivity contribution in [2.24, 2.45) is 0 Å². The molecule has 1 aromatic carbocycles. The summed E-state index contributed by atoms with van der Waals surface area (Å²) >= 11 is 5.84. The average Bonchev–Trinajstić information content (AvgIpc) is 2.62. The molecular weight excluding hydrogens is 398 g/mol. The molecular formula is C13H9ClF2N4O5S. The molecule has 0 spiro atoms. The van der Waals surface area contributed by atoms with E-state index in [0.717, 1.165) is 0 Å². The average molecular weight is 407 g/mol. The molecule has 0 amide bonds. The first-order chi connectivity index (χ1) is 12.2. The molecule has 0 saturated heterocycles. The number of carbonyl (C=O) groups excluding carboxylic acids is 2. The van der Waals surface area contributed by atoms with Gasteiger partial charge in [-0.25, -0.2) is 23.4 Å². The van der Waals surface area contributed by atoms with Crippen molar-refractivity contribution in [1.29, 1.82) is 0 Å². The summed E-state index contributed by atoms with van der Waals surface area (Å²) in [5.41, 5.74) is -0.802. The minimum absolute atomic E-state index is 0.198. The number of anilines is 1. The van der Waals surface area contributed by atoms with E-state index < -0.39 is 45.0 Å². The predicted octanol–water partition coefficient (Wildman–Crippen LogP) is 1.20. The number of para-hydroxylation sites is 1. The molecule has 9 nitrogen and oxygen atoms in total. The van der Waals surface area contributed by atoms with Gasteiger partial charge in [0.25, 0.3) is 10.0 Å². The van der Waals surface area contributed by atoms with E-state index in [2.05, 4.69) is 15.0 Å². The molecule has 2 aromatic rings. The van der Waals surface area contributed by atoms with Crippen molar-refractivity contribution in [2.45, 2.75) is 11.9 Å². The zero-order chi connectivity index (χ0) is 19.5. The number of aliphatic hydroxyl groups excluding tert-OH is 1. The molecule has 0 aliphatic rings. The number of carbonyl (C=O) groups is 2. The second kappa shape index (κ2) is 7.76. The van der Waals surface area contributed by atoms with Crippen molar-refractivity contribution in [1.82, 2.24) is 15.0 Å². The predicted molar refractivity (Wildman–Crippen MR) is 84.7 cm³/mol. The third kappa shape index (κ3) is 4.15. The molecule has 0 saturated carbocycles. The number of aliphatic hydroxyl groups is 1. The van der Waals surface area contributed by atoms with Crippen LogP contribution in [0.5, 0.6) is 0 Å². The van der Waals surface area contributed by atoms with Crippen molar-refractivity contribution in [3.63, 3.8) is 0 Å². The number of aromatic nitrogens is 3. The first kappa shape index (κ1) is 19.8. The van der Waals surface area contributed by atoms with Gasteiger partial charge in [-0.2, -0.15) is 8.78 Å². The number of sulfonamides is 1. The largest absolute Gasteiger partial charge is 0.380 e. The fourth-order valence-electron chi connectivity index (χ4n) is 1.86. The molecule has 0 radical (unpaired) electrons. The van der Waals surface area contributed by atoms with Gasteiger partial charge in [0, 0.05) is 5.56 Å². The Hall–Kier alpha value is -2.57. The van der Waals surface area contributed by atoms with Crippen LogP contribution >= 0.6 is 11.6 Å². The Morgan fingerprint density at radius 1 is 1.12 bits per heavy atom. The van der Waals surface area contributed by atoms with E-state index in [1.165, 1.54) is 18.2 Å². The number of halogens is 3. The van der Waals surface area contributed by atoms with E-state index in [1.54, 1.807) is 4.72 Å². The molecule has 0 fully saturated rings. The molecule has 138 valence electrons. The molecule has 1 aromatic heterocycles. The maximum Gasteiger partial charge on any atom is 0.355 e. The van der Waals surface area contributed by atoms with Crippen LogP contribution in [0.3, 0.4) is 0 Å². The number of aldehydes is 2. The van der Waals surface area contributed by atoms with Gasteiger partial charge in [0.15, 0.2) is 30.0 Å². The Balaban J connectivity index is 2.57. The highest BCUT2D eigenvalue weighted by Crippen LogP contribution is 2.34. The maximum atomic E-state index is 12.6. The SMILES string of the molecule is O=Cc1nc(C=O)nc(C(O)c2cccc(Cl)c2NS(=O)(=O)C(F)F)n1. The van der Waals surface area contributed by atoms with Crippen LogP contribution in [0.1, 0.15) is 38.7 Å². The van der Waals surface area contributed by atoms with Crippen LogP contribution in [0, 0.1) is 0 Å². The molecule has 1 atom stereocenters. The number of hydrogen-bond acceptors (Lipinski definition) is 8. The molecule has 2 rings (SSSR count). The van der Waals surface area contributed by atoms with Crippen LogP contribution in [0.15, 0.2) is 18.2 Å². The van der Waals surface area contributed by atoms with Crippen molar-refractivity contribution < 1.29 is 31.9 Å². The molecule has 0 bridgehead atoms. The van der Waals surface area contributed by atoms with Gasteiger partial charge in [-0.15, -0.1) is 0 Å². The summed E-state index contributed by atoms with van der Waals surface area (Å²) in [6.07, 6.45) is -1.41. The first-order valence-corrected chi connectivity index (χ1v) is 8.54. The summed E-state index contributed by atoms with van der Waals surface area (Å²) in [5, 5.41) is 10.1. The number of alkyl halides is 2. The summed E-state index contributed by atoms with van der Waals surface area (Å²) in [6, 6.07) is 3.68. The lowest BCUT2D eigenvalue weighted by Gasteiger charge is -2.17. The van der Waals surface area contributed by atoms with Crippen molar-refractivity contribution in [3.8, 4) is 0 Å². The summed E-state index contributed by atoms with van der Waals surface area (Å²) in [5.74, 6) is -5.16. The molecule has 26 heavy (non-hydrogen) atoms. The Labute approximate surface area is 150 Å². The highest BCUT2D eigenvalue weighted by Gasteiger charge is 2.28. The van der Waals surface area contributed by atoms with Crippen LogP contribution in [0.25, 0.3) is 0 Å². The quantitative estimate of drug-likeness (QED) is 0.654. The molecule has 0 aliphatic carbocycles. The third-order valence-electron chi connectivity index (χ3n) is 2.96. The van der Waals surface area contributed by atoms with Crippen LogP contribution in [-0.2, 0) is 10.0 Å². The zero-order valence-electron chi connectivity index (χ0n) is 12.5. The normalized spacial score (nSPS) is 12.7. The van der Waals surface area contributed by atoms with Gasteiger partial charge in [0.1, 0.15) is 6.10 Å². The third-order valence-corrected chi connectivity index (χ3v) is 4.23. The molecule has 2 N–H and O–H groups in total. The van der Waals surface area contributed by atoms with Crippen LogP contribution < -0.4 is 4.72 Å². The highest BCUT2D eigenvalue weighted by molar-refractivity contribution is 7.93. The summed E-state index contributed by atoms with van der Waals surface area (Å²) in [6.45, 7) is 0. The summed E-state index contributed by atoms with van der Waals surface area (Å²) < 4.78 is 49.7. The van der Waals surface area contributed by atoms with Gasteiger partial charge in [-0.1, -0.05) is 23.7 Å². The Morgan fingerprint density at radius 3 is 2.19 bits per heavy atom. The lowest BCUT2D eigenvalue weighted by atomic mass is 10.1. The van der Waals surface area contributed by atoms with E-state index in [-0.39, 0.29) is 23.2 Å². The van der Waals surface area contributed by atoms with E-state index in [1.807, 2.05) is 0 Å². The zero-order valence-corrected chi connectivity index (χ0v) is 14.1. The topological polar surface area (TPSA) is 139 Å². The Kier molecular flexibility index (Phi) is 5.90. The Bertz CT molecular complexity index is 931. The minimum Gasteiger partial charge on any atom is -0.380 e. The lowest BCUT2D eigenvalue weighted by Crippen LogP contribution is -2.22. The number of rotatable bonds is 7. The van der Waals surface area contributed by atoms with Gasteiger partial charge in [0.2, 0.25) is 0 Å². The Morgan fingerprint density at radius 2 is 1.69 bits per heavy atom. The number of hydrogen-bond donors (Lipinski definition) is 2. The van der Waals surface area contributed by atoms with Gasteiger partial charge in [-0.05, 0) is 6.07 Å². The monoisotopic (exact) mass is 406 g/mol. The maximum absolute atomic E-state index is 12.6. The second-order valence-electron chi connectivity index (χ2n) is 4.66.